The first-order chi connectivity index (χ1) is 11.4. The molecule has 0 unspecified atom stereocenters. The molecular weight excluding hydrogens is 307 g/mol. The Morgan fingerprint density at radius 1 is 1.12 bits per heavy atom. The number of carbonyl (C=O) groups is 1. The first kappa shape index (κ1) is 16.6. The Hall–Kier alpha value is -2.27. The molecule has 1 aliphatic heterocycles. The average molecular weight is 328 g/mol. The Morgan fingerprint density at radius 3 is 2.33 bits per heavy atom. The zero-order chi connectivity index (χ0) is 17.3. The number of aryl methyl sites for hydroxylation is 1. The molecule has 2 heterocycles. The fraction of sp³-hybridized carbons (Fsp3) is 0.368. The number of amides is 1. The fourth-order valence-electron chi connectivity index (χ4n) is 3.08. The smallest absolute Gasteiger partial charge is 0.255 e. The molecule has 4 nitrogen and oxygen atoms in total. The van der Waals surface area contributed by atoms with Gasteiger partial charge in [0, 0.05) is 18.7 Å². The molecule has 1 aromatic heterocycles. The summed E-state index contributed by atoms with van der Waals surface area (Å²) in [6.07, 6.45) is 0.0638. The van der Waals surface area contributed by atoms with Crippen LogP contribution in [0.15, 0.2) is 36.4 Å². The number of aromatic nitrogens is 1. The summed E-state index contributed by atoms with van der Waals surface area (Å²) >= 11 is 0. The van der Waals surface area contributed by atoms with Gasteiger partial charge in [0.1, 0.15) is 5.82 Å². The van der Waals surface area contributed by atoms with E-state index in [9.17, 15) is 9.18 Å². The van der Waals surface area contributed by atoms with Crippen molar-refractivity contribution >= 4 is 5.91 Å². The maximum atomic E-state index is 13.0. The van der Waals surface area contributed by atoms with Crippen molar-refractivity contribution < 1.29 is 13.9 Å². The van der Waals surface area contributed by atoms with E-state index in [-0.39, 0.29) is 23.9 Å². The lowest BCUT2D eigenvalue weighted by Gasteiger charge is -2.35. The van der Waals surface area contributed by atoms with Gasteiger partial charge >= 0.3 is 0 Å². The van der Waals surface area contributed by atoms with Crippen molar-refractivity contribution in [3.05, 3.63) is 53.5 Å². The van der Waals surface area contributed by atoms with E-state index in [0.29, 0.717) is 24.3 Å². The standard InChI is InChI=1S/C19H21FN2O2/c1-12-10-22(11-13(2)24-12)19(23)17-8-9-18(21-14(17)3)15-4-6-16(20)7-5-15/h4-9,12-13H,10-11H2,1-3H3/t12-,13-/m1/s1. The maximum Gasteiger partial charge on any atom is 0.255 e. The number of rotatable bonds is 2. The number of pyridine rings is 1. The van der Waals surface area contributed by atoms with Crippen molar-refractivity contribution in [1.29, 1.82) is 0 Å². The molecule has 2 aromatic rings. The zero-order valence-electron chi connectivity index (χ0n) is 14.1. The summed E-state index contributed by atoms with van der Waals surface area (Å²) in [6.45, 7) is 6.94. The summed E-state index contributed by atoms with van der Waals surface area (Å²) in [4.78, 5) is 19.1. The molecule has 0 bridgehead atoms. The van der Waals surface area contributed by atoms with Gasteiger partial charge in [-0.2, -0.15) is 0 Å². The lowest BCUT2D eigenvalue weighted by atomic mass is 10.1. The van der Waals surface area contributed by atoms with Gasteiger partial charge in [-0.15, -0.1) is 0 Å². The van der Waals surface area contributed by atoms with Crippen LogP contribution in [0.2, 0.25) is 0 Å². The first-order valence-electron chi connectivity index (χ1n) is 8.12. The summed E-state index contributed by atoms with van der Waals surface area (Å²) < 4.78 is 18.7. The number of nitrogens with zero attached hydrogens (tertiary/aromatic N) is 2. The van der Waals surface area contributed by atoms with E-state index >= 15 is 0 Å². The van der Waals surface area contributed by atoms with Crippen LogP contribution in [0.3, 0.4) is 0 Å². The van der Waals surface area contributed by atoms with Gasteiger partial charge in [0.15, 0.2) is 0 Å². The Kier molecular flexibility index (Phi) is 4.62. The van der Waals surface area contributed by atoms with Gasteiger partial charge in [0.05, 0.1) is 29.2 Å². The van der Waals surface area contributed by atoms with Crippen LogP contribution in [0.1, 0.15) is 29.9 Å². The Labute approximate surface area is 141 Å². The van der Waals surface area contributed by atoms with Gasteiger partial charge in [-0.1, -0.05) is 0 Å². The second-order valence-corrected chi connectivity index (χ2v) is 6.30. The van der Waals surface area contributed by atoms with Gasteiger partial charge in [-0.3, -0.25) is 9.78 Å². The number of morpholine rings is 1. The van der Waals surface area contributed by atoms with Crippen molar-refractivity contribution in [2.75, 3.05) is 13.1 Å². The van der Waals surface area contributed by atoms with Crippen LogP contribution in [0.25, 0.3) is 11.3 Å². The van der Waals surface area contributed by atoms with Crippen molar-refractivity contribution in [1.82, 2.24) is 9.88 Å². The van der Waals surface area contributed by atoms with Gasteiger partial charge < -0.3 is 9.64 Å². The SMILES string of the molecule is Cc1nc(-c2ccc(F)cc2)ccc1C(=O)N1C[C@@H](C)O[C@H](C)C1. The summed E-state index contributed by atoms with van der Waals surface area (Å²) in [5.41, 5.74) is 2.83. The maximum absolute atomic E-state index is 13.0. The summed E-state index contributed by atoms with van der Waals surface area (Å²) in [5, 5.41) is 0. The molecule has 1 saturated heterocycles. The molecule has 0 aliphatic carbocycles. The number of benzene rings is 1. The molecule has 1 fully saturated rings. The van der Waals surface area contributed by atoms with E-state index in [4.69, 9.17) is 4.74 Å². The Balaban J connectivity index is 1.84. The monoisotopic (exact) mass is 328 g/mol. The number of carbonyl (C=O) groups excluding carboxylic acids is 1. The summed E-state index contributed by atoms with van der Waals surface area (Å²) in [5.74, 6) is -0.300. The molecule has 0 radical (unpaired) electrons. The molecule has 126 valence electrons. The third kappa shape index (κ3) is 3.46. The number of ether oxygens (including phenoxy) is 1. The van der Waals surface area contributed by atoms with E-state index in [1.54, 1.807) is 24.3 Å². The molecule has 0 saturated carbocycles. The molecule has 1 aliphatic rings. The normalized spacial score (nSPS) is 20.9. The highest BCUT2D eigenvalue weighted by Gasteiger charge is 2.27. The summed E-state index contributed by atoms with van der Waals surface area (Å²) in [7, 11) is 0. The zero-order valence-corrected chi connectivity index (χ0v) is 14.1. The van der Waals surface area contributed by atoms with E-state index in [1.807, 2.05) is 25.7 Å². The van der Waals surface area contributed by atoms with E-state index in [0.717, 1.165) is 11.3 Å². The molecule has 3 rings (SSSR count). The minimum absolute atomic E-state index is 0.0207. The van der Waals surface area contributed by atoms with E-state index in [2.05, 4.69) is 4.98 Å². The lowest BCUT2D eigenvalue weighted by molar-refractivity contribution is -0.0586. The summed E-state index contributed by atoms with van der Waals surface area (Å²) in [6, 6.07) is 9.78. The van der Waals surface area contributed by atoms with Crippen molar-refractivity contribution in [2.45, 2.75) is 33.0 Å². The van der Waals surface area contributed by atoms with Crippen molar-refractivity contribution in [3.63, 3.8) is 0 Å². The van der Waals surface area contributed by atoms with Crippen LogP contribution in [-0.4, -0.2) is 41.1 Å². The fourth-order valence-corrected chi connectivity index (χ4v) is 3.08. The topological polar surface area (TPSA) is 42.4 Å². The second-order valence-electron chi connectivity index (χ2n) is 6.30. The van der Waals surface area contributed by atoms with Gasteiger partial charge in [-0.25, -0.2) is 4.39 Å². The quantitative estimate of drug-likeness (QED) is 0.848. The van der Waals surface area contributed by atoms with Crippen molar-refractivity contribution in [2.24, 2.45) is 0 Å². The van der Waals surface area contributed by atoms with Crippen molar-refractivity contribution in [3.8, 4) is 11.3 Å². The van der Waals surface area contributed by atoms with Crippen LogP contribution in [0.5, 0.6) is 0 Å². The molecular formula is C19H21FN2O2. The highest BCUT2D eigenvalue weighted by atomic mass is 19.1. The molecule has 0 N–H and O–H groups in total. The van der Waals surface area contributed by atoms with Crippen LogP contribution in [0.4, 0.5) is 4.39 Å². The lowest BCUT2D eigenvalue weighted by Crippen LogP contribution is -2.48. The second kappa shape index (κ2) is 6.69. The first-order valence-corrected chi connectivity index (χ1v) is 8.12. The highest BCUT2D eigenvalue weighted by molar-refractivity contribution is 5.95. The highest BCUT2D eigenvalue weighted by Crippen LogP contribution is 2.21. The molecule has 5 heteroatoms. The Morgan fingerprint density at radius 2 is 1.75 bits per heavy atom. The van der Waals surface area contributed by atoms with Gasteiger partial charge in [0.2, 0.25) is 0 Å². The third-order valence-electron chi connectivity index (χ3n) is 4.16. The average Bonchev–Trinajstić information content (AvgIpc) is 2.54. The largest absolute Gasteiger partial charge is 0.372 e. The minimum Gasteiger partial charge on any atom is -0.372 e. The molecule has 1 amide bonds. The van der Waals surface area contributed by atoms with E-state index < -0.39 is 0 Å². The van der Waals surface area contributed by atoms with Crippen LogP contribution in [0, 0.1) is 12.7 Å². The number of halogens is 1. The minimum atomic E-state index is -0.280. The molecule has 0 spiro atoms. The predicted octanol–water partition coefficient (Wildman–Crippen LogP) is 3.45. The van der Waals surface area contributed by atoms with E-state index in [1.165, 1.54) is 12.1 Å². The van der Waals surface area contributed by atoms with Gasteiger partial charge in [0.25, 0.3) is 5.91 Å². The van der Waals surface area contributed by atoms with Crippen LogP contribution in [-0.2, 0) is 4.74 Å². The van der Waals surface area contributed by atoms with Gasteiger partial charge in [-0.05, 0) is 57.2 Å². The number of hydrogen-bond acceptors (Lipinski definition) is 3. The molecule has 2 atom stereocenters. The Bertz CT molecular complexity index is 736. The predicted molar refractivity (Wildman–Crippen MR) is 90.3 cm³/mol. The van der Waals surface area contributed by atoms with Crippen LogP contribution < -0.4 is 0 Å². The third-order valence-corrected chi connectivity index (χ3v) is 4.16. The van der Waals surface area contributed by atoms with Crippen LogP contribution >= 0.6 is 0 Å². The molecule has 24 heavy (non-hydrogen) atoms. The molecule has 1 aromatic carbocycles. The number of hydrogen-bond donors (Lipinski definition) is 0.